The molecule has 0 spiro atoms. The van der Waals surface area contributed by atoms with Crippen LogP contribution < -0.4 is 4.74 Å². The molecule has 0 aromatic heterocycles. The van der Waals surface area contributed by atoms with Crippen LogP contribution in [0.1, 0.15) is 26.3 Å². The molecule has 0 heterocycles. The van der Waals surface area contributed by atoms with Crippen LogP contribution >= 0.6 is 0 Å². The van der Waals surface area contributed by atoms with E-state index in [9.17, 15) is 4.79 Å². The molecule has 1 aromatic carbocycles. The number of carbonyl (C=O) groups excluding carboxylic acids is 1. The minimum atomic E-state index is -0.0504. The van der Waals surface area contributed by atoms with E-state index in [1.807, 2.05) is 13.0 Å². The first-order valence-electron chi connectivity index (χ1n) is 6.34. The second kappa shape index (κ2) is 6.79. The smallest absolute Gasteiger partial charge is 0.260 e. The predicted octanol–water partition coefficient (Wildman–Crippen LogP) is 2.44. The van der Waals surface area contributed by atoms with Crippen LogP contribution in [-0.4, -0.2) is 30.5 Å². The Morgan fingerprint density at radius 1 is 1.32 bits per heavy atom. The molecule has 0 radical (unpaired) electrons. The van der Waals surface area contributed by atoms with Crippen molar-refractivity contribution in [3.63, 3.8) is 0 Å². The molecule has 0 aliphatic heterocycles. The Labute approximate surface area is 114 Å². The SMILES string of the molecule is CC(C)C(C)N(C)C(=O)COc1ccc(C#N)cc1. The highest BCUT2D eigenvalue weighted by Crippen LogP contribution is 2.13. The summed E-state index contributed by atoms with van der Waals surface area (Å²) in [5.41, 5.74) is 0.573. The Morgan fingerprint density at radius 2 is 1.89 bits per heavy atom. The van der Waals surface area contributed by atoms with Crippen LogP contribution in [0.15, 0.2) is 24.3 Å². The highest BCUT2D eigenvalue weighted by atomic mass is 16.5. The lowest BCUT2D eigenvalue weighted by Crippen LogP contribution is -2.40. The topological polar surface area (TPSA) is 53.3 Å². The summed E-state index contributed by atoms with van der Waals surface area (Å²) in [6.45, 7) is 6.19. The monoisotopic (exact) mass is 260 g/mol. The molecule has 0 fully saturated rings. The number of ether oxygens (including phenoxy) is 1. The van der Waals surface area contributed by atoms with Gasteiger partial charge in [-0.1, -0.05) is 13.8 Å². The summed E-state index contributed by atoms with van der Waals surface area (Å²) in [6.07, 6.45) is 0. The number of benzene rings is 1. The number of nitriles is 1. The van der Waals surface area contributed by atoms with Crippen molar-refractivity contribution in [3.05, 3.63) is 29.8 Å². The van der Waals surface area contributed by atoms with E-state index in [1.165, 1.54) is 0 Å². The number of hydrogen-bond acceptors (Lipinski definition) is 3. The van der Waals surface area contributed by atoms with Crippen molar-refractivity contribution in [2.24, 2.45) is 5.92 Å². The normalized spacial score (nSPS) is 11.8. The third-order valence-electron chi connectivity index (χ3n) is 3.31. The van der Waals surface area contributed by atoms with Gasteiger partial charge < -0.3 is 9.64 Å². The van der Waals surface area contributed by atoms with Crippen molar-refractivity contribution >= 4 is 5.91 Å². The molecule has 1 atom stereocenters. The summed E-state index contributed by atoms with van der Waals surface area (Å²) in [4.78, 5) is 13.6. The number of rotatable bonds is 5. The fourth-order valence-corrected chi connectivity index (χ4v) is 1.55. The number of likely N-dealkylation sites (N-methyl/N-ethyl adjacent to an activating group) is 1. The van der Waals surface area contributed by atoms with Gasteiger partial charge in [0.15, 0.2) is 6.61 Å². The van der Waals surface area contributed by atoms with Gasteiger partial charge in [0.1, 0.15) is 5.75 Å². The molecule has 0 aliphatic rings. The Morgan fingerprint density at radius 3 is 2.37 bits per heavy atom. The van der Waals surface area contributed by atoms with Gasteiger partial charge in [-0.25, -0.2) is 0 Å². The summed E-state index contributed by atoms with van der Waals surface area (Å²) in [5, 5.41) is 8.68. The largest absolute Gasteiger partial charge is 0.484 e. The summed E-state index contributed by atoms with van der Waals surface area (Å²) in [7, 11) is 1.79. The van der Waals surface area contributed by atoms with E-state index in [0.717, 1.165) is 0 Å². The first kappa shape index (κ1) is 15.0. The third-order valence-corrected chi connectivity index (χ3v) is 3.31. The lowest BCUT2D eigenvalue weighted by molar-refractivity contribution is -0.134. The zero-order valence-electron chi connectivity index (χ0n) is 11.9. The number of carbonyl (C=O) groups is 1. The summed E-state index contributed by atoms with van der Waals surface area (Å²) in [5.74, 6) is 0.951. The Balaban J connectivity index is 2.52. The van der Waals surface area contributed by atoms with Gasteiger partial charge in [0.2, 0.25) is 0 Å². The molecule has 0 bridgehead atoms. The van der Waals surface area contributed by atoms with E-state index < -0.39 is 0 Å². The van der Waals surface area contributed by atoms with Gasteiger partial charge in [-0.2, -0.15) is 5.26 Å². The fourth-order valence-electron chi connectivity index (χ4n) is 1.55. The van der Waals surface area contributed by atoms with Gasteiger partial charge in [-0.05, 0) is 37.1 Å². The summed E-state index contributed by atoms with van der Waals surface area (Å²) in [6, 6.07) is 8.93. The zero-order chi connectivity index (χ0) is 14.4. The van der Waals surface area contributed by atoms with Crippen molar-refractivity contribution in [1.29, 1.82) is 5.26 Å². The number of hydrogen-bond donors (Lipinski definition) is 0. The van der Waals surface area contributed by atoms with Crippen LogP contribution in [0.4, 0.5) is 0 Å². The second-order valence-electron chi connectivity index (χ2n) is 4.91. The van der Waals surface area contributed by atoms with Crippen molar-refractivity contribution in [2.75, 3.05) is 13.7 Å². The lowest BCUT2D eigenvalue weighted by atomic mass is 10.1. The molecule has 1 aromatic rings. The Hall–Kier alpha value is -2.02. The molecule has 0 aliphatic carbocycles. The highest BCUT2D eigenvalue weighted by molar-refractivity contribution is 5.77. The van der Waals surface area contributed by atoms with Crippen molar-refractivity contribution in [2.45, 2.75) is 26.8 Å². The van der Waals surface area contributed by atoms with E-state index in [4.69, 9.17) is 10.00 Å². The van der Waals surface area contributed by atoms with Crippen LogP contribution in [0.3, 0.4) is 0 Å². The minimum absolute atomic E-state index is 0.0134. The molecule has 19 heavy (non-hydrogen) atoms. The molecule has 1 unspecified atom stereocenters. The van der Waals surface area contributed by atoms with Crippen LogP contribution in [0, 0.1) is 17.2 Å². The van der Waals surface area contributed by atoms with Gasteiger partial charge in [0.05, 0.1) is 11.6 Å². The number of nitrogens with zero attached hydrogens (tertiary/aromatic N) is 2. The maximum absolute atomic E-state index is 11.9. The third kappa shape index (κ3) is 4.29. The summed E-state index contributed by atoms with van der Waals surface area (Å²) >= 11 is 0. The van der Waals surface area contributed by atoms with E-state index in [1.54, 1.807) is 36.2 Å². The molecule has 4 heteroatoms. The minimum Gasteiger partial charge on any atom is -0.484 e. The first-order chi connectivity index (χ1) is 8.95. The molecule has 0 saturated heterocycles. The van der Waals surface area contributed by atoms with E-state index in [2.05, 4.69) is 13.8 Å². The number of amides is 1. The maximum Gasteiger partial charge on any atom is 0.260 e. The summed E-state index contributed by atoms with van der Waals surface area (Å²) < 4.78 is 5.42. The first-order valence-corrected chi connectivity index (χ1v) is 6.34. The molecular formula is C15H20N2O2. The molecule has 0 saturated carbocycles. The molecule has 1 rings (SSSR count). The fraction of sp³-hybridized carbons (Fsp3) is 0.467. The van der Waals surface area contributed by atoms with Crippen molar-refractivity contribution < 1.29 is 9.53 Å². The highest BCUT2D eigenvalue weighted by Gasteiger charge is 2.18. The molecule has 1 amide bonds. The van der Waals surface area contributed by atoms with Crippen LogP contribution in [-0.2, 0) is 4.79 Å². The molecule has 4 nitrogen and oxygen atoms in total. The predicted molar refractivity (Wildman–Crippen MR) is 73.7 cm³/mol. The molecular weight excluding hydrogens is 240 g/mol. The van der Waals surface area contributed by atoms with Gasteiger partial charge in [0, 0.05) is 13.1 Å². The Bertz CT molecular complexity index is 460. The van der Waals surface area contributed by atoms with E-state index in [-0.39, 0.29) is 18.6 Å². The van der Waals surface area contributed by atoms with Gasteiger partial charge in [-0.3, -0.25) is 4.79 Å². The van der Waals surface area contributed by atoms with Gasteiger partial charge in [-0.15, -0.1) is 0 Å². The van der Waals surface area contributed by atoms with Gasteiger partial charge in [0.25, 0.3) is 5.91 Å². The van der Waals surface area contributed by atoms with Gasteiger partial charge >= 0.3 is 0 Å². The molecule has 0 N–H and O–H groups in total. The second-order valence-corrected chi connectivity index (χ2v) is 4.91. The quantitative estimate of drug-likeness (QED) is 0.817. The Kier molecular flexibility index (Phi) is 5.37. The van der Waals surface area contributed by atoms with E-state index in [0.29, 0.717) is 17.2 Å². The standard InChI is InChI=1S/C15H20N2O2/c1-11(2)12(3)17(4)15(18)10-19-14-7-5-13(9-16)6-8-14/h5-8,11-12H,10H2,1-4H3. The lowest BCUT2D eigenvalue weighted by Gasteiger charge is -2.27. The van der Waals surface area contributed by atoms with Crippen LogP contribution in [0.5, 0.6) is 5.75 Å². The van der Waals surface area contributed by atoms with E-state index >= 15 is 0 Å². The maximum atomic E-state index is 11.9. The van der Waals surface area contributed by atoms with Crippen LogP contribution in [0.2, 0.25) is 0 Å². The zero-order valence-corrected chi connectivity index (χ0v) is 11.9. The van der Waals surface area contributed by atoms with Crippen molar-refractivity contribution in [1.82, 2.24) is 4.90 Å². The van der Waals surface area contributed by atoms with Crippen LogP contribution in [0.25, 0.3) is 0 Å². The van der Waals surface area contributed by atoms with Crippen molar-refractivity contribution in [3.8, 4) is 11.8 Å². The molecule has 102 valence electrons. The average molecular weight is 260 g/mol. The average Bonchev–Trinajstić information content (AvgIpc) is 2.43.